The van der Waals surface area contributed by atoms with Crippen LogP contribution in [0.3, 0.4) is 0 Å². The second-order valence-electron chi connectivity index (χ2n) is 8.42. The number of aromatic nitrogens is 4. The molecule has 2 amide bonds. The van der Waals surface area contributed by atoms with Gasteiger partial charge in [-0.15, -0.1) is 0 Å². The minimum absolute atomic E-state index is 0.109. The molecule has 156 valence electrons. The molecule has 0 radical (unpaired) electrons. The summed E-state index contributed by atoms with van der Waals surface area (Å²) in [4.78, 5) is 46.6. The molecule has 2 aliphatic heterocycles. The maximum Gasteiger partial charge on any atom is 0.274 e. The average molecular weight is 414 g/mol. The van der Waals surface area contributed by atoms with Crippen molar-refractivity contribution >= 4 is 23.3 Å². The van der Waals surface area contributed by atoms with Gasteiger partial charge in [0.25, 0.3) is 5.91 Å². The number of rotatable bonds is 3. The first-order valence-corrected chi connectivity index (χ1v) is 10.3. The van der Waals surface area contributed by atoms with Crippen molar-refractivity contribution in [2.24, 2.45) is 0 Å². The molecule has 1 saturated heterocycles. The van der Waals surface area contributed by atoms with Crippen molar-refractivity contribution in [2.75, 3.05) is 18.0 Å². The number of carbonyl (C=O) groups excluding carboxylic acids is 2. The van der Waals surface area contributed by atoms with E-state index >= 15 is 0 Å². The fraction of sp³-hybridized carbons (Fsp3) is 0.304. The van der Waals surface area contributed by atoms with E-state index in [2.05, 4.69) is 19.9 Å². The lowest BCUT2D eigenvalue weighted by Gasteiger charge is -2.30. The molecule has 1 fully saturated rings. The van der Waals surface area contributed by atoms with Gasteiger partial charge in [-0.3, -0.25) is 19.5 Å². The average Bonchev–Trinajstić information content (AvgIpc) is 2.92. The second kappa shape index (κ2) is 6.94. The van der Waals surface area contributed by atoms with Gasteiger partial charge in [0.1, 0.15) is 11.5 Å². The number of likely N-dealkylation sites (tertiary alicyclic amines) is 1. The van der Waals surface area contributed by atoms with Crippen molar-refractivity contribution in [3.05, 3.63) is 60.1 Å². The molecule has 2 aliphatic rings. The van der Waals surface area contributed by atoms with E-state index in [9.17, 15) is 9.59 Å². The SMILES string of the molecule is Cc1ncc(-c2ccc3c(c2)N(c2cncc(C(=O)N4CCC4)n2)C(=O)C3(C)C)cn1. The van der Waals surface area contributed by atoms with Crippen molar-refractivity contribution in [3.8, 4) is 11.1 Å². The smallest absolute Gasteiger partial charge is 0.274 e. The Morgan fingerprint density at radius 1 is 1.03 bits per heavy atom. The lowest BCUT2D eigenvalue weighted by molar-refractivity contribution is -0.121. The Bertz CT molecular complexity index is 1200. The number of hydrogen-bond donors (Lipinski definition) is 0. The molecule has 8 nitrogen and oxygen atoms in total. The van der Waals surface area contributed by atoms with Crippen LogP contribution in [0.15, 0.2) is 43.0 Å². The number of benzene rings is 1. The standard InChI is InChI=1S/C23H22N6O2/c1-14-25-10-16(11-26-14)15-5-6-17-19(9-15)29(22(31)23(17,2)3)20-13-24-12-18(27-20)21(30)28-7-4-8-28/h5-6,9-13H,4,7-8H2,1-3H3. The van der Waals surface area contributed by atoms with Gasteiger partial charge in [-0.1, -0.05) is 12.1 Å². The molecule has 0 atom stereocenters. The molecule has 0 spiro atoms. The highest BCUT2D eigenvalue weighted by Crippen LogP contribution is 2.46. The first-order valence-electron chi connectivity index (χ1n) is 10.3. The van der Waals surface area contributed by atoms with Crippen molar-refractivity contribution in [1.82, 2.24) is 24.8 Å². The molecule has 31 heavy (non-hydrogen) atoms. The molecular formula is C23H22N6O2. The van der Waals surface area contributed by atoms with E-state index in [1.54, 1.807) is 22.2 Å². The summed E-state index contributed by atoms with van der Waals surface area (Å²) in [5.74, 6) is 0.780. The van der Waals surface area contributed by atoms with Gasteiger partial charge in [-0.25, -0.2) is 15.0 Å². The van der Waals surface area contributed by atoms with Gasteiger partial charge < -0.3 is 4.90 Å². The molecule has 8 heteroatoms. The van der Waals surface area contributed by atoms with E-state index in [1.165, 1.54) is 12.4 Å². The number of amides is 2. The zero-order valence-corrected chi connectivity index (χ0v) is 17.7. The Morgan fingerprint density at radius 3 is 2.45 bits per heavy atom. The molecule has 3 aromatic rings. The van der Waals surface area contributed by atoms with Crippen LogP contribution in [0.2, 0.25) is 0 Å². The van der Waals surface area contributed by atoms with Gasteiger partial charge in [-0.05, 0) is 44.4 Å². The maximum absolute atomic E-state index is 13.4. The van der Waals surface area contributed by atoms with E-state index < -0.39 is 5.41 Å². The number of fused-ring (bicyclic) bond motifs is 1. The molecule has 1 aromatic carbocycles. The summed E-state index contributed by atoms with van der Waals surface area (Å²) in [6, 6.07) is 5.88. The van der Waals surface area contributed by atoms with E-state index in [-0.39, 0.29) is 17.5 Å². The van der Waals surface area contributed by atoms with Gasteiger partial charge in [0.2, 0.25) is 5.91 Å². The van der Waals surface area contributed by atoms with Crippen molar-refractivity contribution in [3.63, 3.8) is 0 Å². The third-order valence-corrected chi connectivity index (χ3v) is 5.98. The largest absolute Gasteiger partial charge is 0.337 e. The normalized spacial score (nSPS) is 16.8. The summed E-state index contributed by atoms with van der Waals surface area (Å²) in [5.41, 5.74) is 2.91. The van der Waals surface area contributed by atoms with Crippen LogP contribution < -0.4 is 4.90 Å². The molecule has 0 aliphatic carbocycles. The van der Waals surface area contributed by atoms with Crippen LogP contribution in [0.4, 0.5) is 11.5 Å². The summed E-state index contributed by atoms with van der Waals surface area (Å²) < 4.78 is 0. The maximum atomic E-state index is 13.4. The Labute approximate surface area is 180 Å². The summed E-state index contributed by atoms with van der Waals surface area (Å²) in [6.07, 6.45) is 7.51. The third-order valence-electron chi connectivity index (χ3n) is 5.98. The third kappa shape index (κ3) is 3.06. The number of aryl methyl sites for hydroxylation is 1. The zero-order chi connectivity index (χ0) is 21.8. The lowest BCUT2D eigenvalue weighted by Crippen LogP contribution is -2.42. The summed E-state index contributed by atoms with van der Waals surface area (Å²) in [6.45, 7) is 7.08. The lowest BCUT2D eigenvalue weighted by atomic mass is 9.85. The first-order chi connectivity index (χ1) is 14.9. The molecule has 0 saturated carbocycles. The predicted molar refractivity (Wildman–Crippen MR) is 115 cm³/mol. The molecule has 5 rings (SSSR count). The zero-order valence-electron chi connectivity index (χ0n) is 17.7. The van der Waals surface area contributed by atoms with E-state index in [1.807, 2.05) is 39.0 Å². The van der Waals surface area contributed by atoms with Crippen molar-refractivity contribution < 1.29 is 9.59 Å². The Balaban J connectivity index is 1.59. The minimum Gasteiger partial charge on any atom is -0.337 e. The van der Waals surface area contributed by atoms with Gasteiger partial charge in [0.15, 0.2) is 5.82 Å². The summed E-state index contributed by atoms with van der Waals surface area (Å²) >= 11 is 0. The quantitative estimate of drug-likeness (QED) is 0.654. The molecule has 0 bridgehead atoms. The summed E-state index contributed by atoms with van der Waals surface area (Å²) in [5, 5.41) is 0. The molecule has 2 aromatic heterocycles. The second-order valence-corrected chi connectivity index (χ2v) is 8.42. The monoisotopic (exact) mass is 414 g/mol. The Morgan fingerprint density at radius 2 is 1.77 bits per heavy atom. The highest BCUT2D eigenvalue weighted by Gasteiger charge is 2.45. The fourth-order valence-electron chi connectivity index (χ4n) is 3.95. The number of nitrogens with zero attached hydrogens (tertiary/aromatic N) is 6. The van der Waals surface area contributed by atoms with Gasteiger partial charge in [0, 0.05) is 31.0 Å². The van der Waals surface area contributed by atoms with Crippen molar-refractivity contribution in [1.29, 1.82) is 0 Å². The molecule has 4 heterocycles. The van der Waals surface area contributed by atoms with Crippen LogP contribution in [0.5, 0.6) is 0 Å². The van der Waals surface area contributed by atoms with Gasteiger partial charge >= 0.3 is 0 Å². The van der Waals surface area contributed by atoms with Crippen LogP contribution in [-0.4, -0.2) is 49.7 Å². The van der Waals surface area contributed by atoms with E-state index in [4.69, 9.17) is 0 Å². The number of anilines is 2. The first kappa shape index (κ1) is 19.3. The Hall–Kier alpha value is -3.68. The summed E-state index contributed by atoms with van der Waals surface area (Å²) in [7, 11) is 0. The molecule has 0 N–H and O–H groups in total. The van der Waals surface area contributed by atoms with E-state index in [0.29, 0.717) is 11.6 Å². The van der Waals surface area contributed by atoms with Gasteiger partial charge in [0.05, 0.1) is 23.5 Å². The number of hydrogen-bond acceptors (Lipinski definition) is 6. The number of carbonyl (C=O) groups is 2. The van der Waals surface area contributed by atoms with Crippen LogP contribution in [0.1, 0.15) is 42.1 Å². The fourth-order valence-corrected chi connectivity index (χ4v) is 3.95. The van der Waals surface area contributed by atoms with Crippen LogP contribution in [0.25, 0.3) is 11.1 Å². The Kier molecular flexibility index (Phi) is 4.32. The van der Waals surface area contributed by atoms with Gasteiger partial charge in [-0.2, -0.15) is 0 Å². The molecular weight excluding hydrogens is 392 g/mol. The topological polar surface area (TPSA) is 92.2 Å². The minimum atomic E-state index is -0.725. The van der Waals surface area contributed by atoms with Crippen LogP contribution in [-0.2, 0) is 10.2 Å². The highest BCUT2D eigenvalue weighted by atomic mass is 16.2. The van der Waals surface area contributed by atoms with Crippen LogP contribution in [0, 0.1) is 6.92 Å². The van der Waals surface area contributed by atoms with E-state index in [0.717, 1.165) is 41.9 Å². The predicted octanol–water partition coefficient (Wildman–Crippen LogP) is 3.04. The van der Waals surface area contributed by atoms with Crippen LogP contribution >= 0.6 is 0 Å². The van der Waals surface area contributed by atoms with Crippen molar-refractivity contribution in [2.45, 2.75) is 32.6 Å². The molecule has 0 unspecified atom stereocenters. The highest BCUT2D eigenvalue weighted by molar-refractivity contribution is 6.12.